The van der Waals surface area contributed by atoms with Gasteiger partial charge in [0.2, 0.25) is 0 Å². The third-order valence-corrected chi connectivity index (χ3v) is 4.05. The number of hydrogen-bond donors (Lipinski definition) is 2. The van der Waals surface area contributed by atoms with Gasteiger partial charge in [0, 0.05) is 23.5 Å². The average molecular weight is 371 g/mol. The largest absolute Gasteiger partial charge is 0.364 e. The van der Waals surface area contributed by atoms with Crippen LogP contribution < -0.4 is 10.6 Å². The van der Waals surface area contributed by atoms with Gasteiger partial charge in [-0.25, -0.2) is 14.4 Å². The molecule has 2 aromatic carbocycles. The first-order chi connectivity index (χ1) is 13.8. The number of hydrogen-bond acceptors (Lipinski definition) is 5. The number of pyridine rings is 1. The molecule has 0 aliphatic carbocycles. The van der Waals surface area contributed by atoms with Gasteiger partial charge in [-0.2, -0.15) is 0 Å². The van der Waals surface area contributed by atoms with E-state index in [1.807, 2.05) is 54.6 Å². The minimum absolute atomic E-state index is 0.282. The van der Waals surface area contributed by atoms with Crippen LogP contribution in [0.3, 0.4) is 0 Å². The van der Waals surface area contributed by atoms with E-state index >= 15 is 0 Å². The SMILES string of the molecule is Fc1ccc(Nc2cc(NCc3ccccn3)nc(-c3ccccc3)n2)cc1. The summed E-state index contributed by atoms with van der Waals surface area (Å²) in [5.41, 5.74) is 2.57. The van der Waals surface area contributed by atoms with Crippen molar-refractivity contribution in [2.24, 2.45) is 0 Å². The molecule has 0 unspecified atom stereocenters. The zero-order valence-electron chi connectivity index (χ0n) is 15.0. The lowest BCUT2D eigenvalue weighted by Crippen LogP contribution is -2.06. The highest BCUT2D eigenvalue weighted by Crippen LogP contribution is 2.23. The molecule has 138 valence electrons. The highest BCUT2D eigenvalue weighted by Gasteiger charge is 2.08. The number of anilines is 3. The highest BCUT2D eigenvalue weighted by atomic mass is 19.1. The van der Waals surface area contributed by atoms with Gasteiger partial charge in [-0.1, -0.05) is 36.4 Å². The molecule has 0 atom stereocenters. The van der Waals surface area contributed by atoms with Gasteiger partial charge in [-0.3, -0.25) is 4.98 Å². The molecule has 0 aliphatic rings. The molecule has 0 saturated carbocycles. The topological polar surface area (TPSA) is 62.7 Å². The molecule has 6 heteroatoms. The summed E-state index contributed by atoms with van der Waals surface area (Å²) in [6.45, 7) is 0.544. The number of rotatable bonds is 6. The summed E-state index contributed by atoms with van der Waals surface area (Å²) in [5, 5.41) is 6.50. The lowest BCUT2D eigenvalue weighted by molar-refractivity contribution is 0.628. The Morgan fingerprint density at radius 2 is 1.54 bits per heavy atom. The van der Waals surface area contributed by atoms with Crippen molar-refractivity contribution in [3.8, 4) is 11.4 Å². The van der Waals surface area contributed by atoms with E-state index < -0.39 is 0 Å². The smallest absolute Gasteiger partial charge is 0.163 e. The fourth-order valence-corrected chi connectivity index (χ4v) is 2.68. The summed E-state index contributed by atoms with van der Waals surface area (Å²) in [5.74, 6) is 1.60. The molecule has 2 N–H and O–H groups in total. The third-order valence-electron chi connectivity index (χ3n) is 4.05. The molecule has 0 fully saturated rings. The molecule has 28 heavy (non-hydrogen) atoms. The average Bonchev–Trinajstić information content (AvgIpc) is 2.75. The van der Waals surface area contributed by atoms with E-state index in [1.54, 1.807) is 18.3 Å². The van der Waals surface area contributed by atoms with Gasteiger partial charge in [-0.15, -0.1) is 0 Å². The van der Waals surface area contributed by atoms with Crippen molar-refractivity contribution < 1.29 is 4.39 Å². The molecule has 4 aromatic rings. The lowest BCUT2D eigenvalue weighted by atomic mass is 10.2. The second-order valence-corrected chi connectivity index (χ2v) is 6.13. The normalized spacial score (nSPS) is 10.5. The third kappa shape index (κ3) is 4.48. The van der Waals surface area contributed by atoms with Crippen LogP contribution >= 0.6 is 0 Å². The first kappa shape index (κ1) is 17.6. The van der Waals surface area contributed by atoms with Crippen molar-refractivity contribution >= 4 is 17.3 Å². The van der Waals surface area contributed by atoms with Crippen molar-refractivity contribution in [1.29, 1.82) is 0 Å². The summed E-state index contributed by atoms with van der Waals surface area (Å²) in [4.78, 5) is 13.5. The van der Waals surface area contributed by atoms with Crippen molar-refractivity contribution in [2.75, 3.05) is 10.6 Å². The second kappa shape index (κ2) is 8.26. The van der Waals surface area contributed by atoms with E-state index in [0.717, 1.165) is 16.9 Å². The Labute approximate surface area is 162 Å². The van der Waals surface area contributed by atoms with Crippen LogP contribution in [0.4, 0.5) is 21.7 Å². The Morgan fingerprint density at radius 3 is 2.29 bits per heavy atom. The van der Waals surface area contributed by atoms with Crippen molar-refractivity contribution in [2.45, 2.75) is 6.54 Å². The summed E-state index contributed by atoms with van der Waals surface area (Å²) in [7, 11) is 0. The van der Waals surface area contributed by atoms with Gasteiger partial charge in [0.1, 0.15) is 17.5 Å². The maximum atomic E-state index is 13.2. The predicted molar refractivity (Wildman–Crippen MR) is 109 cm³/mol. The Hall–Kier alpha value is -3.80. The molecule has 0 saturated heterocycles. The van der Waals surface area contributed by atoms with Gasteiger partial charge in [-0.05, 0) is 36.4 Å². The number of benzene rings is 2. The molecule has 2 aromatic heterocycles. The van der Waals surface area contributed by atoms with Crippen molar-refractivity contribution in [1.82, 2.24) is 15.0 Å². The molecule has 0 bridgehead atoms. The Bertz CT molecular complexity index is 1040. The fourth-order valence-electron chi connectivity index (χ4n) is 2.68. The number of halogens is 1. The zero-order valence-corrected chi connectivity index (χ0v) is 15.0. The van der Waals surface area contributed by atoms with Crippen LogP contribution in [0.2, 0.25) is 0 Å². The molecule has 2 heterocycles. The number of aromatic nitrogens is 3. The lowest BCUT2D eigenvalue weighted by Gasteiger charge is -2.12. The fraction of sp³-hybridized carbons (Fsp3) is 0.0455. The molecular formula is C22H18FN5. The van der Waals surface area contributed by atoms with Gasteiger partial charge in [0.05, 0.1) is 12.2 Å². The Kier molecular flexibility index (Phi) is 5.20. The van der Waals surface area contributed by atoms with Crippen LogP contribution in [0.15, 0.2) is 85.1 Å². The summed E-state index contributed by atoms with van der Waals surface area (Å²) < 4.78 is 13.2. The Balaban J connectivity index is 1.63. The van der Waals surface area contributed by atoms with E-state index in [4.69, 9.17) is 0 Å². The van der Waals surface area contributed by atoms with Crippen LogP contribution in [0.25, 0.3) is 11.4 Å². The summed E-state index contributed by atoms with van der Waals surface area (Å²) in [6.07, 6.45) is 1.76. The minimum atomic E-state index is -0.282. The zero-order chi connectivity index (χ0) is 19.2. The first-order valence-corrected chi connectivity index (χ1v) is 8.87. The molecule has 0 radical (unpaired) electrons. The van der Waals surface area contributed by atoms with Crippen molar-refractivity contribution in [3.05, 3.63) is 96.6 Å². The summed E-state index contributed by atoms with van der Waals surface area (Å²) >= 11 is 0. The van der Waals surface area contributed by atoms with E-state index in [-0.39, 0.29) is 5.82 Å². The van der Waals surface area contributed by atoms with Crippen LogP contribution in [-0.4, -0.2) is 15.0 Å². The van der Waals surface area contributed by atoms with Crippen molar-refractivity contribution in [3.63, 3.8) is 0 Å². The maximum Gasteiger partial charge on any atom is 0.163 e. The molecule has 0 spiro atoms. The number of nitrogens with zero attached hydrogens (tertiary/aromatic N) is 3. The Morgan fingerprint density at radius 1 is 0.786 bits per heavy atom. The quantitative estimate of drug-likeness (QED) is 0.497. The van der Waals surface area contributed by atoms with Crippen LogP contribution in [0.5, 0.6) is 0 Å². The standard InChI is InChI=1S/C22H18FN5/c23-17-9-11-18(12-10-17)26-21-14-20(25-15-19-8-4-5-13-24-19)27-22(28-21)16-6-2-1-3-7-16/h1-14H,15H2,(H2,25,26,27,28). The van der Waals surface area contributed by atoms with E-state index in [9.17, 15) is 4.39 Å². The molecule has 5 nitrogen and oxygen atoms in total. The van der Waals surface area contributed by atoms with Crippen LogP contribution in [0.1, 0.15) is 5.69 Å². The van der Waals surface area contributed by atoms with E-state index in [1.165, 1.54) is 12.1 Å². The minimum Gasteiger partial charge on any atom is -0.364 e. The maximum absolute atomic E-state index is 13.2. The van der Waals surface area contributed by atoms with E-state index in [0.29, 0.717) is 24.0 Å². The molecule has 4 rings (SSSR count). The van der Waals surface area contributed by atoms with Gasteiger partial charge >= 0.3 is 0 Å². The first-order valence-electron chi connectivity index (χ1n) is 8.87. The van der Waals surface area contributed by atoms with Gasteiger partial charge in [0.25, 0.3) is 0 Å². The van der Waals surface area contributed by atoms with E-state index in [2.05, 4.69) is 25.6 Å². The molecular weight excluding hydrogens is 353 g/mol. The van der Waals surface area contributed by atoms with Gasteiger partial charge < -0.3 is 10.6 Å². The highest BCUT2D eigenvalue weighted by molar-refractivity contribution is 5.65. The van der Waals surface area contributed by atoms with Crippen LogP contribution in [-0.2, 0) is 6.54 Å². The number of nitrogens with one attached hydrogen (secondary N) is 2. The molecule has 0 amide bonds. The monoisotopic (exact) mass is 371 g/mol. The molecule has 0 aliphatic heterocycles. The summed E-state index contributed by atoms with van der Waals surface area (Å²) in [6, 6.07) is 23.5. The van der Waals surface area contributed by atoms with Crippen LogP contribution in [0, 0.1) is 5.82 Å². The predicted octanol–water partition coefficient (Wildman–Crippen LogP) is 5.03. The second-order valence-electron chi connectivity index (χ2n) is 6.13. The van der Waals surface area contributed by atoms with Gasteiger partial charge in [0.15, 0.2) is 5.82 Å².